The zero-order valence-corrected chi connectivity index (χ0v) is 14.1. The minimum atomic E-state index is 0.191. The Kier molecular flexibility index (Phi) is 4.87. The average Bonchev–Trinajstić information content (AvgIpc) is 2.63. The molecule has 1 fully saturated rings. The third-order valence-corrected chi connectivity index (χ3v) is 5.46. The lowest BCUT2D eigenvalue weighted by atomic mass is 9.93. The molecule has 2 atom stereocenters. The van der Waals surface area contributed by atoms with E-state index in [9.17, 15) is 0 Å². The fraction of sp³-hybridized carbons (Fsp3) is 0.800. The molecule has 1 nitrogen and oxygen atoms in total. The van der Waals surface area contributed by atoms with Gasteiger partial charge in [-0.05, 0) is 18.8 Å². The van der Waals surface area contributed by atoms with Crippen LogP contribution in [0, 0.1) is 5.92 Å². The molecule has 0 aromatic carbocycles. The SMILES string of the molecule is CC(C)(C)c1csc(CC2CCCCC(Br)C2)n1. The lowest BCUT2D eigenvalue weighted by Gasteiger charge is -2.16. The largest absolute Gasteiger partial charge is 0.246 e. The van der Waals surface area contributed by atoms with E-state index in [1.807, 2.05) is 11.3 Å². The van der Waals surface area contributed by atoms with Crippen molar-refractivity contribution in [1.82, 2.24) is 4.98 Å². The van der Waals surface area contributed by atoms with Crippen LogP contribution < -0.4 is 0 Å². The normalized spacial score (nSPS) is 26.0. The van der Waals surface area contributed by atoms with Crippen LogP contribution in [0.5, 0.6) is 0 Å². The zero-order chi connectivity index (χ0) is 13.2. The van der Waals surface area contributed by atoms with Crippen LogP contribution in [-0.2, 0) is 11.8 Å². The maximum atomic E-state index is 4.83. The van der Waals surface area contributed by atoms with Crippen LogP contribution in [0.2, 0.25) is 0 Å². The Bertz CT molecular complexity index is 380. The van der Waals surface area contributed by atoms with E-state index in [4.69, 9.17) is 4.98 Å². The lowest BCUT2D eigenvalue weighted by molar-refractivity contribution is 0.461. The maximum absolute atomic E-state index is 4.83. The number of aromatic nitrogens is 1. The topological polar surface area (TPSA) is 12.9 Å². The van der Waals surface area contributed by atoms with E-state index in [0.717, 1.165) is 10.7 Å². The van der Waals surface area contributed by atoms with Crippen molar-refractivity contribution in [3.8, 4) is 0 Å². The Hall–Kier alpha value is 0.110. The van der Waals surface area contributed by atoms with E-state index < -0.39 is 0 Å². The number of hydrogen-bond donors (Lipinski definition) is 0. The molecule has 2 rings (SSSR count). The highest BCUT2D eigenvalue weighted by atomic mass is 79.9. The summed E-state index contributed by atoms with van der Waals surface area (Å²) >= 11 is 5.66. The van der Waals surface area contributed by atoms with Crippen LogP contribution >= 0.6 is 27.3 Å². The number of hydrogen-bond acceptors (Lipinski definition) is 2. The van der Waals surface area contributed by atoms with Gasteiger partial charge in [0.05, 0.1) is 10.7 Å². The highest BCUT2D eigenvalue weighted by Gasteiger charge is 2.22. The number of thiazole rings is 1. The molecule has 0 saturated heterocycles. The van der Waals surface area contributed by atoms with Crippen molar-refractivity contribution >= 4 is 27.3 Å². The second-order valence-electron chi connectivity index (χ2n) is 6.56. The molecule has 0 aliphatic heterocycles. The molecule has 1 aliphatic rings. The third-order valence-electron chi connectivity index (χ3n) is 3.75. The molecular formula is C15H24BrNS. The first-order valence-corrected chi connectivity index (χ1v) is 8.83. The summed E-state index contributed by atoms with van der Waals surface area (Å²) in [6, 6.07) is 0. The monoisotopic (exact) mass is 329 g/mol. The molecule has 0 N–H and O–H groups in total. The van der Waals surface area contributed by atoms with Crippen molar-refractivity contribution in [3.05, 3.63) is 16.1 Å². The quantitative estimate of drug-likeness (QED) is 0.528. The summed E-state index contributed by atoms with van der Waals surface area (Å²) < 4.78 is 0. The highest BCUT2D eigenvalue weighted by molar-refractivity contribution is 9.09. The first kappa shape index (κ1) is 14.5. The van der Waals surface area contributed by atoms with Crippen LogP contribution in [0.1, 0.15) is 63.6 Å². The number of nitrogens with zero attached hydrogens (tertiary/aromatic N) is 1. The summed E-state index contributed by atoms with van der Waals surface area (Å²) in [4.78, 5) is 5.56. The highest BCUT2D eigenvalue weighted by Crippen LogP contribution is 2.32. The van der Waals surface area contributed by atoms with Gasteiger partial charge in [-0.1, -0.05) is 56.0 Å². The molecule has 18 heavy (non-hydrogen) atoms. The summed E-state index contributed by atoms with van der Waals surface area (Å²) in [7, 11) is 0. The minimum Gasteiger partial charge on any atom is -0.246 e. The third kappa shape index (κ3) is 4.06. The average molecular weight is 330 g/mol. The summed E-state index contributed by atoms with van der Waals surface area (Å²) in [5.74, 6) is 0.829. The van der Waals surface area contributed by atoms with E-state index in [1.165, 1.54) is 49.2 Å². The molecule has 1 aromatic heterocycles. The van der Waals surface area contributed by atoms with Crippen molar-refractivity contribution in [2.45, 2.75) is 69.5 Å². The molecule has 3 heteroatoms. The molecule has 1 aromatic rings. The smallest absolute Gasteiger partial charge is 0.0931 e. The van der Waals surface area contributed by atoms with E-state index in [2.05, 4.69) is 42.1 Å². The van der Waals surface area contributed by atoms with E-state index in [-0.39, 0.29) is 5.41 Å². The predicted molar refractivity (Wildman–Crippen MR) is 83.8 cm³/mol. The van der Waals surface area contributed by atoms with Crippen LogP contribution in [0.15, 0.2) is 5.38 Å². The Morgan fingerprint density at radius 1 is 1.33 bits per heavy atom. The van der Waals surface area contributed by atoms with Gasteiger partial charge < -0.3 is 0 Å². The summed E-state index contributed by atoms with van der Waals surface area (Å²) in [5, 5.41) is 3.59. The Labute approximate surface area is 124 Å². The molecule has 1 aliphatic carbocycles. The van der Waals surface area contributed by atoms with Crippen LogP contribution in [0.25, 0.3) is 0 Å². The van der Waals surface area contributed by atoms with Crippen LogP contribution in [0.3, 0.4) is 0 Å². The summed E-state index contributed by atoms with van der Waals surface area (Å²) in [6.45, 7) is 6.73. The maximum Gasteiger partial charge on any atom is 0.0931 e. The number of alkyl halides is 1. The minimum absolute atomic E-state index is 0.191. The van der Waals surface area contributed by atoms with Gasteiger partial charge in [-0.2, -0.15) is 0 Å². The van der Waals surface area contributed by atoms with Gasteiger partial charge in [0, 0.05) is 22.0 Å². The summed E-state index contributed by atoms with van der Waals surface area (Å²) in [5.41, 5.74) is 1.45. The molecule has 0 amide bonds. The van der Waals surface area contributed by atoms with Gasteiger partial charge in [0.1, 0.15) is 0 Å². The molecule has 102 valence electrons. The van der Waals surface area contributed by atoms with Gasteiger partial charge in [0.2, 0.25) is 0 Å². The Morgan fingerprint density at radius 3 is 2.72 bits per heavy atom. The van der Waals surface area contributed by atoms with Gasteiger partial charge in [-0.3, -0.25) is 0 Å². The van der Waals surface area contributed by atoms with Crippen molar-refractivity contribution in [3.63, 3.8) is 0 Å². The zero-order valence-electron chi connectivity index (χ0n) is 11.7. The van der Waals surface area contributed by atoms with Gasteiger partial charge in [0.15, 0.2) is 0 Å². The first-order valence-electron chi connectivity index (χ1n) is 7.04. The predicted octanol–water partition coefficient (Wildman–Crippen LogP) is 5.33. The number of halogens is 1. The van der Waals surface area contributed by atoms with Crippen molar-refractivity contribution in [2.75, 3.05) is 0 Å². The number of rotatable bonds is 2. The standard InChI is InChI=1S/C15H24BrNS/c1-15(2,3)13-10-18-14(17-13)9-11-6-4-5-7-12(16)8-11/h10-12H,4-9H2,1-3H3. The Morgan fingerprint density at radius 2 is 2.06 bits per heavy atom. The second-order valence-corrected chi connectivity index (χ2v) is 8.80. The second kappa shape index (κ2) is 6.04. The molecule has 1 saturated carbocycles. The van der Waals surface area contributed by atoms with Gasteiger partial charge >= 0.3 is 0 Å². The summed E-state index contributed by atoms with van der Waals surface area (Å²) in [6.07, 6.45) is 8.02. The van der Waals surface area contributed by atoms with Crippen LogP contribution in [0.4, 0.5) is 0 Å². The van der Waals surface area contributed by atoms with Crippen LogP contribution in [-0.4, -0.2) is 9.81 Å². The van der Waals surface area contributed by atoms with Crippen molar-refractivity contribution < 1.29 is 0 Å². The van der Waals surface area contributed by atoms with Gasteiger partial charge in [-0.15, -0.1) is 11.3 Å². The van der Waals surface area contributed by atoms with Gasteiger partial charge in [-0.25, -0.2) is 4.98 Å². The van der Waals surface area contributed by atoms with Crippen molar-refractivity contribution in [2.24, 2.45) is 5.92 Å². The van der Waals surface area contributed by atoms with E-state index in [0.29, 0.717) is 0 Å². The Balaban J connectivity index is 1.98. The van der Waals surface area contributed by atoms with E-state index >= 15 is 0 Å². The molecular weight excluding hydrogens is 306 g/mol. The van der Waals surface area contributed by atoms with Crippen molar-refractivity contribution in [1.29, 1.82) is 0 Å². The fourth-order valence-electron chi connectivity index (χ4n) is 2.58. The molecule has 1 heterocycles. The molecule has 0 radical (unpaired) electrons. The fourth-order valence-corrected chi connectivity index (χ4v) is 4.57. The van der Waals surface area contributed by atoms with E-state index in [1.54, 1.807) is 0 Å². The first-order chi connectivity index (χ1) is 8.45. The molecule has 0 spiro atoms. The molecule has 0 bridgehead atoms. The molecule has 2 unspecified atom stereocenters. The lowest BCUT2D eigenvalue weighted by Crippen LogP contribution is -2.12. The van der Waals surface area contributed by atoms with Gasteiger partial charge in [0.25, 0.3) is 0 Å².